The van der Waals surface area contributed by atoms with E-state index in [0.29, 0.717) is 6.61 Å². The van der Waals surface area contributed by atoms with E-state index in [9.17, 15) is 9.90 Å². The summed E-state index contributed by atoms with van der Waals surface area (Å²) in [6.07, 6.45) is -3.59. The molecule has 0 bridgehead atoms. The minimum Gasteiger partial charge on any atom is -0.388 e. The molecule has 1 amide bonds. The van der Waals surface area contributed by atoms with Gasteiger partial charge in [0.1, 0.15) is 24.4 Å². The number of carbonyl (C=O) groups is 1. The molecule has 2 fully saturated rings. The van der Waals surface area contributed by atoms with Crippen LogP contribution in [0.3, 0.4) is 0 Å². The molecule has 6 atom stereocenters. The fourth-order valence-corrected chi connectivity index (χ4v) is 3.65. The molecule has 2 aromatic carbocycles. The summed E-state index contributed by atoms with van der Waals surface area (Å²) in [4.78, 5) is 11.7. The van der Waals surface area contributed by atoms with Crippen LogP contribution in [0.15, 0.2) is 60.7 Å². The van der Waals surface area contributed by atoms with Crippen LogP contribution in [0.4, 0.5) is 0 Å². The maximum atomic E-state index is 11.7. The van der Waals surface area contributed by atoms with Gasteiger partial charge >= 0.3 is 0 Å². The Morgan fingerprint density at radius 3 is 2.48 bits per heavy atom. The average Bonchev–Trinajstić information content (AvgIpc) is 2.75. The van der Waals surface area contributed by atoms with Gasteiger partial charge in [0.05, 0.1) is 13.2 Å². The highest BCUT2D eigenvalue weighted by Crippen LogP contribution is 2.34. The highest BCUT2D eigenvalue weighted by atomic mass is 16.7. The van der Waals surface area contributed by atoms with Crippen molar-refractivity contribution in [1.82, 2.24) is 5.32 Å². The Labute approximate surface area is 169 Å². The van der Waals surface area contributed by atoms with Gasteiger partial charge in [-0.3, -0.25) is 4.79 Å². The minimum absolute atomic E-state index is 0.249. The Balaban J connectivity index is 1.48. The molecule has 0 aromatic heterocycles. The van der Waals surface area contributed by atoms with E-state index in [2.05, 4.69) is 5.32 Å². The molecule has 0 unspecified atom stereocenters. The topological polar surface area (TPSA) is 86.3 Å². The van der Waals surface area contributed by atoms with Gasteiger partial charge in [-0.2, -0.15) is 0 Å². The van der Waals surface area contributed by atoms with E-state index < -0.39 is 36.9 Å². The number of ether oxygens (including phenoxy) is 4. The van der Waals surface area contributed by atoms with Crippen LogP contribution < -0.4 is 5.32 Å². The summed E-state index contributed by atoms with van der Waals surface area (Å²) in [7, 11) is 0. The van der Waals surface area contributed by atoms with Crippen molar-refractivity contribution in [3.63, 3.8) is 0 Å². The van der Waals surface area contributed by atoms with Gasteiger partial charge in [-0.1, -0.05) is 60.7 Å². The molecule has 2 aliphatic heterocycles. The van der Waals surface area contributed by atoms with E-state index in [4.69, 9.17) is 18.9 Å². The van der Waals surface area contributed by atoms with Crippen molar-refractivity contribution in [3.05, 3.63) is 71.8 Å². The van der Waals surface area contributed by atoms with Crippen LogP contribution in [-0.4, -0.2) is 48.3 Å². The predicted molar refractivity (Wildman–Crippen MR) is 104 cm³/mol. The van der Waals surface area contributed by atoms with Crippen LogP contribution in [0.1, 0.15) is 24.3 Å². The zero-order valence-corrected chi connectivity index (χ0v) is 16.1. The molecule has 2 aromatic rings. The van der Waals surface area contributed by atoms with E-state index in [1.54, 1.807) is 0 Å². The third-order valence-electron chi connectivity index (χ3n) is 5.06. The first kappa shape index (κ1) is 20.0. The molecule has 7 heteroatoms. The summed E-state index contributed by atoms with van der Waals surface area (Å²) >= 11 is 0. The van der Waals surface area contributed by atoms with Gasteiger partial charge in [0, 0.05) is 12.5 Å². The monoisotopic (exact) mass is 399 g/mol. The van der Waals surface area contributed by atoms with Crippen molar-refractivity contribution in [2.45, 2.75) is 50.5 Å². The first-order chi connectivity index (χ1) is 14.1. The van der Waals surface area contributed by atoms with Crippen LogP contribution >= 0.6 is 0 Å². The molecule has 0 saturated carbocycles. The normalized spacial score (nSPS) is 31.7. The summed E-state index contributed by atoms with van der Waals surface area (Å²) in [6.45, 7) is 1.93. The largest absolute Gasteiger partial charge is 0.388 e. The summed E-state index contributed by atoms with van der Waals surface area (Å²) in [5.74, 6) is -0.281. The Morgan fingerprint density at radius 1 is 1.10 bits per heavy atom. The van der Waals surface area contributed by atoms with Crippen LogP contribution in [0.5, 0.6) is 0 Å². The van der Waals surface area contributed by atoms with Gasteiger partial charge in [-0.05, 0) is 5.56 Å². The molecule has 2 aliphatic rings. The lowest BCUT2D eigenvalue weighted by Crippen LogP contribution is -2.66. The Morgan fingerprint density at radius 2 is 1.79 bits per heavy atom. The summed E-state index contributed by atoms with van der Waals surface area (Å²) in [5, 5.41) is 13.7. The van der Waals surface area contributed by atoms with E-state index in [1.165, 1.54) is 6.92 Å². The quantitative estimate of drug-likeness (QED) is 0.799. The fraction of sp³-hybridized carbons (Fsp3) is 0.409. The van der Waals surface area contributed by atoms with Gasteiger partial charge in [-0.15, -0.1) is 0 Å². The molecule has 0 radical (unpaired) electrons. The first-order valence-electron chi connectivity index (χ1n) is 9.70. The minimum atomic E-state index is -1.01. The Hall–Kier alpha value is -2.29. The SMILES string of the molecule is CC(=O)N[C@@H]1[C@H](OCc2ccccc2)O[C@@H]2CO[C@H](c3ccccc3)O[C@@H]2[C@@H]1O. The van der Waals surface area contributed by atoms with Crippen molar-refractivity contribution in [3.8, 4) is 0 Å². The molecule has 0 aliphatic carbocycles. The van der Waals surface area contributed by atoms with Crippen molar-refractivity contribution in [2.75, 3.05) is 6.61 Å². The molecular formula is C22H25NO6. The van der Waals surface area contributed by atoms with Crippen LogP contribution in [-0.2, 0) is 30.3 Å². The zero-order chi connectivity index (χ0) is 20.2. The van der Waals surface area contributed by atoms with Gasteiger partial charge in [0.2, 0.25) is 5.91 Å². The van der Waals surface area contributed by atoms with Crippen LogP contribution in [0, 0.1) is 0 Å². The molecule has 2 saturated heterocycles. The first-order valence-corrected chi connectivity index (χ1v) is 9.70. The molecule has 4 rings (SSSR count). The number of amides is 1. The Bertz CT molecular complexity index is 801. The molecule has 0 spiro atoms. The molecular weight excluding hydrogens is 374 g/mol. The molecule has 29 heavy (non-hydrogen) atoms. The predicted octanol–water partition coefficient (Wildman–Crippen LogP) is 1.91. The number of fused-ring (bicyclic) bond motifs is 1. The standard InChI is InChI=1S/C22H25NO6/c1-14(24)23-18-19(25)20-17(13-27-21(29-20)16-10-6-3-7-11-16)28-22(18)26-12-15-8-4-2-5-9-15/h2-11,17-22,25H,12-13H2,1H3,(H,23,24)/t17-,18+,19-,20+,21+,22-/m1/s1. The number of carbonyl (C=O) groups excluding carboxylic acids is 1. The number of rotatable bonds is 5. The third-order valence-corrected chi connectivity index (χ3v) is 5.06. The molecule has 7 nitrogen and oxygen atoms in total. The number of benzene rings is 2. The number of hydrogen-bond donors (Lipinski definition) is 2. The number of aliphatic hydroxyl groups excluding tert-OH is 1. The van der Waals surface area contributed by atoms with Gasteiger partial charge in [-0.25, -0.2) is 0 Å². The van der Waals surface area contributed by atoms with E-state index in [1.807, 2.05) is 60.7 Å². The average molecular weight is 399 g/mol. The van der Waals surface area contributed by atoms with Crippen molar-refractivity contribution in [1.29, 1.82) is 0 Å². The lowest BCUT2D eigenvalue weighted by atomic mass is 9.95. The third kappa shape index (κ3) is 4.66. The highest BCUT2D eigenvalue weighted by molar-refractivity contribution is 5.73. The van der Waals surface area contributed by atoms with Crippen molar-refractivity contribution >= 4 is 5.91 Å². The van der Waals surface area contributed by atoms with Gasteiger partial charge in [0.15, 0.2) is 12.6 Å². The fourth-order valence-electron chi connectivity index (χ4n) is 3.65. The van der Waals surface area contributed by atoms with Crippen molar-refractivity contribution < 1.29 is 28.8 Å². The molecule has 2 N–H and O–H groups in total. The number of nitrogens with one attached hydrogen (secondary N) is 1. The zero-order valence-electron chi connectivity index (χ0n) is 16.1. The second-order valence-corrected chi connectivity index (χ2v) is 7.23. The van der Waals surface area contributed by atoms with Crippen LogP contribution in [0.25, 0.3) is 0 Å². The van der Waals surface area contributed by atoms with Crippen molar-refractivity contribution in [2.24, 2.45) is 0 Å². The molecule has 2 heterocycles. The lowest BCUT2D eigenvalue weighted by Gasteiger charge is -2.47. The second kappa shape index (κ2) is 9.02. The van der Waals surface area contributed by atoms with Gasteiger partial charge < -0.3 is 29.4 Å². The summed E-state index contributed by atoms with van der Waals surface area (Å²) < 4.78 is 23.8. The Kier molecular flexibility index (Phi) is 6.22. The van der Waals surface area contributed by atoms with E-state index in [-0.39, 0.29) is 12.5 Å². The maximum absolute atomic E-state index is 11.7. The van der Waals surface area contributed by atoms with E-state index in [0.717, 1.165) is 11.1 Å². The van der Waals surface area contributed by atoms with Gasteiger partial charge in [0.25, 0.3) is 0 Å². The lowest BCUT2D eigenvalue weighted by molar-refractivity contribution is -0.345. The number of aliphatic hydroxyl groups is 1. The maximum Gasteiger partial charge on any atom is 0.217 e. The van der Waals surface area contributed by atoms with Crippen LogP contribution in [0.2, 0.25) is 0 Å². The smallest absolute Gasteiger partial charge is 0.217 e. The second-order valence-electron chi connectivity index (χ2n) is 7.23. The highest BCUT2D eigenvalue weighted by Gasteiger charge is 2.50. The summed E-state index contributed by atoms with van der Waals surface area (Å²) in [6, 6.07) is 18.4. The summed E-state index contributed by atoms with van der Waals surface area (Å²) in [5.41, 5.74) is 1.83. The number of hydrogen-bond acceptors (Lipinski definition) is 6. The molecule has 154 valence electrons. The van der Waals surface area contributed by atoms with E-state index >= 15 is 0 Å².